The van der Waals surface area contributed by atoms with E-state index < -0.39 is 0 Å². The summed E-state index contributed by atoms with van der Waals surface area (Å²) in [6, 6.07) is 1.48. The van der Waals surface area contributed by atoms with Crippen molar-refractivity contribution in [2.24, 2.45) is 0 Å². The van der Waals surface area contributed by atoms with Gasteiger partial charge in [-0.2, -0.15) is 4.98 Å². The van der Waals surface area contributed by atoms with Crippen LogP contribution >= 0.6 is 0 Å². The molecule has 74 valence electrons. The van der Waals surface area contributed by atoms with Crippen molar-refractivity contribution in [2.45, 2.75) is 0 Å². The van der Waals surface area contributed by atoms with Gasteiger partial charge in [0.25, 0.3) is 0 Å². The van der Waals surface area contributed by atoms with E-state index in [0.717, 1.165) is 13.1 Å². The molecular weight excluding hydrogens is 182 g/mol. The van der Waals surface area contributed by atoms with E-state index in [2.05, 4.69) is 4.98 Å². The van der Waals surface area contributed by atoms with Gasteiger partial charge >= 0.3 is 0 Å². The summed E-state index contributed by atoms with van der Waals surface area (Å²) in [6.45, 7) is 1.53. The molecule has 0 saturated heterocycles. The van der Waals surface area contributed by atoms with Gasteiger partial charge in [-0.25, -0.2) is 0 Å². The fourth-order valence-corrected chi connectivity index (χ4v) is 1.33. The minimum absolute atomic E-state index is 0.0700. The topological polar surface area (TPSA) is 91.2 Å². The van der Waals surface area contributed by atoms with E-state index in [4.69, 9.17) is 11.1 Å². The quantitative estimate of drug-likeness (QED) is 0.416. The molecule has 0 fully saturated rings. The average molecular weight is 193 g/mol. The van der Waals surface area contributed by atoms with E-state index in [-0.39, 0.29) is 11.4 Å². The van der Waals surface area contributed by atoms with Gasteiger partial charge in [0.05, 0.1) is 0 Å². The number of nitrogens with two attached hydrogens (primary N) is 1. The minimum atomic E-state index is -0.0700. The number of rotatable bonds is 1. The third-order valence-electron chi connectivity index (χ3n) is 2.08. The highest BCUT2D eigenvalue weighted by Gasteiger charge is 2.11. The molecule has 1 aromatic rings. The lowest BCUT2D eigenvalue weighted by molar-refractivity contribution is 0.174. The normalized spacial score (nSPS) is 15.0. The van der Waals surface area contributed by atoms with Gasteiger partial charge in [0.15, 0.2) is 5.49 Å². The fraction of sp³-hybridized carbons (Fsp3) is 0.250. The molecule has 0 atom stereocenters. The molecule has 6 heteroatoms. The predicted molar refractivity (Wildman–Crippen MR) is 51.0 cm³/mol. The Kier molecular flexibility index (Phi) is 1.88. The van der Waals surface area contributed by atoms with Crippen LogP contribution in [0.2, 0.25) is 0 Å². The molecule has 1 aliphatic rings. The van der Waals surface area contributed by atoms with Gasteiger partial charge in [-0.1, -0.05) is 12.2 Å². The number of nitrogen functional groups attached to an aromatic ring is 1. The van der Waals surface area contributed by atoms with Gasteiger partial charge in [0.2, 0.25) is 5.95 Å². The fourth-order valence-electron chi connectivity index (χ4n) is 1.33. The zero-order chi connectivity index (χ0) is 10.1. The lowest BCUT2D eigenvalue weighted by Crippen LogP contribution is -2.27. The Hall–Kier alpha value is -1.98. The Morgan fingerprint density at radius 1 is 1.43 bits per heavy atom. The van der Waals surface area contributed by atoms with Crippen molar-refractivity contribution in [1.29, 1.82) is 5.41 Å². The Bertz CT molecular complexity index is 428. The summed E-state index contributed by atoms with van der Waals surface area (Å²) >= 11 is 0. The van der Waals surface area contributed by atoms with Crippen LogP contribution in [-0.4, -0.2) is 28.0 Å². The number of nitrogens with zero attached hydrogens (tertiary/aromatic N) is 3. The first-order chi connectivity index (χ1) is 6.68. The lowest BCUT2D eigenvalue weighted by atomic mass is 10.5. The van der Waals surface area contributed by atoms with Gasteiger partial charge in [-0.3, -0.25) is 5.41 Å². The van der Waals surface area contributed by atoms with E-state index in [1.807, 2.05) is 17.1 Å². The molecule has 0 aliphatic carbocycles. The second-order valence-corrected chi connectivity index (χ2v) is 3.05. The SMILES string of the molecule is N=c1cc(N2CC=CC2)nc(N)n1O. The number of hydrogen-bond donors (Lipinski definition) is 3. The molecule has 0 unspecified atom stereocenters. The summed E-state index contributed by atoms with van der Waals surface area (Å²) in [4.78, 5) is 5.92. The zero-order valence-electron chi connectivity index (χ0n) is 7.51. The smallest absolute Gasteiger partial charge is 0.238 e. The van der Waals surface area contributed by atoms with Crippen LogP contribution in [0.25, 0.3) is 0 Å². The summed E-state index contributed by atoms with van der Waals surface area (Å²) < 4.78 is 0.549. The van der Waals surface area contributed by atoms with E-state index in [9.17, 15) is 5.21 Å². The molecule has 0 radical (unpaired) electrons. The zero-order valence-corrected chi connectivity index (χ0v) is 7.51. The van der Waals surface area contributed by atoms with Crippen LogP contribution in [0.1, 0.15) is 0 Å². The number of aromatic nitrogens is 2. The van der Waals surface area contributed by atoms with Crippen LogP contribution in [-0.2, 0) is 0 Å². The van der Waals surface area contributed by atoms with Gasteiger partial charge in [0, 0.05) is 19.2 Å². The van der Waals surface area contributed by atoms with Crippen LogP contribution in [0.15, 0.2) is 18.2 Å². The predicted octanol–water partition coefficient (Wildman–Crippen LogP) is -0.442. The van der Waals surface area contributed by atoms with Crippen molar-refractivity contribution < 1.29 is 5.21 Å². The molecule has 6 nitrogen and oxygen atoms in total. The standard InChI is InChI=1S/C8H11N5O/c9-6-5-7(11-8(10)13(6)14)12-3-1-2-4-12/h1-2,5,9,14H,3-4H2,(H2,10,11). The average Bonchev–Trinajstić information content (AvgIpc) is 2.66. The van der Waals surface area contributed by atoms with Crippen molar-refractivity contribution in [3.63, 3.8) is 0 Å². The third-order valence-corrected chi connectivity index (χ3v) is 2.08. The Morgan fingerprint density at radius 3 is 2.64 bits per heavy atom. The highest BCUT2D eigenvalue weighted by molar-refractivity contribution is 5.44. The Balaban J connectivity index is 2.40. The highest BCUT2D eigenvalue weighted by Crippen LogP contribution is 2.12. The van der Waals surface area contributed by atoms with Crippen LogP contribution in [0, 0.1) is 5.41 Å². The molecule has 0 aromatic carbocycles. The molecule has 0 saturated carbocycles. The number of hydrogen-bond acceptors (Lipinski definition) is 5. The molecule has 1 aliphatic heterocycles. The summed E-state index contributed by atoms with van der Waals surface area (Å²) in [5, 5.41) is 16.6. The second-order valence-electron chi connectivity index (χ2n) is 3.05. The van der Waals surface area contributed by atoms with Gasteiger partial charge in [-0.05, 0) is 0 Å². The molecule has 0 spiro atoms. The monoisotopic (exact) mass is 193 g/mol. The van der Waals surface area contributed by atoms with Crippen molar-refractivity contribution in [3.05, 3.63) is 23.7 Å². The maximum Gasteiger partial charge on any atom is 0.238 e. The highest BCUT2D eigenvalue weighted by atomic mass is 16.5. The van der Waals surface area contributed by atoms with Crippen molar-refractivity contribution in [2.75, 3.05) is 23.7 Å². The molecular formula is C8H11N5O. The van der Waals surface area contributed by atoms with Gasteiger partial charge in [-0.15, -0.1) is 4.73 Å². The van der Waals surface area contributed by atoms with Gasteiger partial charge < -0.3 is 15.8 Å². The van der Waals surface area contributed by atoms with Crippen LogP contribution in [0.3, 0.4) is 0 Å². The summed E-state index contributed by atoms with van der Waals surface area (Å²) in [5.74, 6) is 0.544. The van der Waals surface area contributed by atoms with Crippen LogP contribution in [0.4, 0.5) is 11.8 Å². The largest absolute Gasteiger partial charge is 0.423 e. The molecule has 4 N–H and O–H groups in total. The summed E-state index contributed by atoms with van der Waals surface area (Å²) in [7, 11) is 0. The maximum atomic E-state index is 9.18. The maximum absolute atomic E-state index is 9.18. The van der Waals surface area contributed by atoms with Crippen LogP contribution in [0.5, 0.6) is 0 Å². The first-order valence-electron chi connectivity index (χ1n) is 4.22. The molecule has 0 bridgehead atoms. The first kappa shape index (κ1) is 8.61. The summed E-state index contributed by atoms with van der Waals surface area (Å²) in [5.41, 5.74) is 5.35. The van der Waals surface area contributed by atoms with E-state index in [0.29, 0.717) is 10.5 Å². The molecule has 1 aromatic heterocycles. The molecule has 14 heavy (non-hydrogen) atoms. The first-order valence-corrected chi connectivity index (χ1v) is 4.22. The van der Waals surface area contributed by atoms with E-state index >= 15 is 0 Å². The van der Waals surface area contributed by atoms with Crippen molar-refractivity contribution >= 4 is 11.8 Å². The molecule has 0 amide bonds. The van der Waals surface area contributed by atoms with E-state index in [1.54, 1.807) is 0 Å². The minimum Gasteiger partial charge on any atom is -0.423 e. The Labute approximate surface area is 80.4 Å². The van der Waals surface area contributed by atoms with Crippen molar-refractivity contribution in [1.82, 2.24) is 9.71 Å². The number of anilines is 2. The lowest BCUT2D eigenvalue weighted by Gasteiger charge is -2.16. The second kappa shape index (κ2) is 3.06. The summed E-state index contributed by atoms with van der Waals surface area (Å²) in [6.07, 6.45) is 4.03. The third kappa shape index (κ3) is 1.30. The molecule has 2 heterocycles. The number of nitrogens with one attached hydrogen (secondary N) is 1. The molecule has 2 rings (SSSR count). The van der Waals surface area contributed by atoms with Crippen molar-refractivity contribution in [3.8, 4) is 0 Å². The van der Waals surface area contributed by atoms with Gasteiger partial charge in [0.1, 0.15) is 5.82 Å². The van der Waals surface area contributed by atoms with E-state index in [1.165, 1.54) is 6.07 Å². The Morgan fingerprint density at radius 2 is 2.07 bits per heavy atom. The van der Waals surface area contributed by atoms with Crippen LogP contribution < -0.4 is 16.1 Å².